The molecule has 3 unspecified atom stereocenters. The molecule has 1 heterocycles. The highest BCUT2D eigenvalue weighted by Crippen LogP contribution is 2.27. The molecule has 1 aliphatic heterocycles. The third-order valence-electron chi connectivity index (χ3n) is 2.05. The highest BCUT2D eigenvalue weighted by Gasteiger charge is 2.49. The number of hydrogen-bond acceptors (Lipinski definition) is 7. The van der Waals surface area contributed by atoms with Crippen LogP contribution in [0.1, 0.15) is 0 Å². The molecule has 0 radical (unpaired) electrons. The van der Waals surface area contributed by atoms with Gasteiger partial charge >= 0.3 is 0 Å². The number of ether oxygens (including phenoxy) is 2. The molecule has 7 nitrogen and oxygen atoms in total. The molecule has 1 fully saturated rings. The van der Waals surface area contributed by atoms with Crippen LogP contribution in [0, 0.1) is 0 Å². The average Bonchev–Trinajstić information content (AvgIpc) is 2.22. The second kappa shape index (κ2) is 4.07. The normalized spacial score (nSPS) is 43.9. The van der Waals surface area contributed by atoms with Gasteiger partial charge in [0.15, 0.2) is 0 Å². The highest BCUT2D eigenvalue weighted by atomic mass is 16.7. The van der Waals surface area contributed by atoms with Gasteiger partial charge in [-0.25, -0.2) is 0 Å². The van der Waals surface area contributed by atoms with Crippen molar-refractivity contribution in [3.8, 4) is 0 Å². The third kappa shape index (κ3) is 2.04. The van der Waals surface area contributed by atoms with Gasteiger partial charge < -0.3 is 35.0 Å². The topological polar surface area (TPSA) is 120 Å². The maximum atomic E-state index is 9.52. The summed E-state index contributed by atoms with van der Waals surface area (Å²) < 4.78 is 9.53. The van der Waals surface area contributed by atoms with Crippen LogP contribution < -0.4 is 0 Å². The quantitative estimate of drug-likeness (QED) is 0.332. The minimum atomic E-state index is -2.05. The first-order valence-electron chi connectivity index (χ1n) is 4.09. The van der Waals surface area contributed by atoms with Gasteiger partial charge in [-0.1, -0.05) is 0 Å². The van der Waals surface area contributed by atoms with E-state index in [1.54, 1.807) is 0 Å². The fourth-order valence-corrected chi connectivity index (χ4v) is 1.13. The fraction of sp³-hybridized carbons (Fsp3) is 1.00. The number of hydrogen-bond donors (Lipinski definition) is 5. The number of aliphatic hydroxyl groups excluding tert-OH is 3. The lowest BCUT2D eigenvalue weighted by molar-refractivity contribution is -0.409. The number of rotatable bonds is 3. The van der Waals surface area contributed by atoms with E-state index in [1.807, 2.05) is 0 Å². The van der Waals surface area contributed by atoms with Gasteiger partial charge in [-0.3, -0.25) is 0 Å². The van der Waals surface area contributed by atoms with Crippen LogP contribution in [0.15, 0.2) is 0 Å². The summed E-state index contributed by atoms with van der Waals surface area (Å²) in [5.41, 5.74) is 0. The van der Waals surface area contributed by atoms with E-state index in [0.717, 1.165) is 0 Å². The molecule has 0 amide bonds. The highest BCUT2D eigenvalue weighted by molar-refractivity contribution is 4.86. The second-order valence-electron chi connectivity index (χ2n) is 3.18. The lowest BCUT2D eigenvalue weighted by Crippen LogP contribution is -2.63. The van der Waals surface area contributed by atoms with Crippen LogP contribution in [0.2, 0.25) is 0 Å². The van der Waals surface area contributed by atoms with Crippen LogP contribution in [0.5, 0.6) is 0 Å². The molecular weight excluding hydrogens is 196 g/mol. The fourth-order valence-electron chi connectivity index (χ4n) is 1.13. The van der Waals surface area contributed by atoms with Crippen LogP contribution in [-0.4, -0.2) is 69.6 Å². The summed E-state index contributed by atoms with van der Waals surface area (Å²) in [7, 11) is 0. The van der Waals surface area contributed by atoms with Crippen LogP contribution in [0.25, 0.3) is 0 Å². The molecule has 0 spiro atoms. The van der Waals surface area contributed by atoms with Crippen molar-refractivity contribution in [1.82, 2.24) is 0 Å². The summed E-state index contributed by atoms with van der Waals surface area (Å²) in [6, 6.07) is 0. The molecule has 0 saturated carbocycles. The first-order chi connectivity index (χ1) is 6.49. The molecule has 0 aromatic carbocycles. The molecule has 1 saturated heterocycles. The molecule has 5 N–H and O–H groups in total. The lowest BCUT2D eigenvalue weighted by atomic mass is 10.1. The summed E-state index contributed by atoms with van der Waals surface area (Å²) >= 11 is 0. The van der Waals surface area contributed by atoms with Crippen LogP contribution >= 0.6 is 0 Å². The zero-order valence-corrected chi connectivity index (χ0v) is 7.46. The Hall–Kier alpha value is -0.280. The zero-order valence-electron chi connectivity index (χ0n) is 7.46. The van der Waals surface area contributed by atoms with Gasteiger partial charge in [-0.15, -0.1) is 0 Å². The van der Waals surface area contributed by atoms with Gasteiger partial charge in [-0.05, 0) is 0 Å². The van der Waals surface area contributed by atoms with Gasteiger partial charge in [0.2, 0.25) is 11.6 Å². The van der Waals surface area contributed by atoms with Crippen molar-refractivity contribution in [2.45, 2.75) is 17.7 Å². The predicted octanol–water partition coefficient (Wildman–Crippen LogP) is -3.24. The first kappa shape index (κ1) is 11.8. The largest absolute Gasteiger partial charge is 0.393 e. The van der Waals surface area contributed by atoms with Crippen LogP contribution in [0.3, 0.4) is 0 Å². The van der Waals surface area contributed by atoms with E-state index in [9.17, 15) is 10.2 Å². The minimum absolute atomic E-state index is 0.489. The molecule has 7 heteroatoms. The van der Waals surface area contributed by atoms with Crippen molar-refractivity contribution < 1.29 is 35.0 Å². The molecule has 3 atom stereocenters. The SMILES string of the molecule is OCC1OC(O)(CO)COC1(O)CO. The van der Waals surface area contributed by atoms with Crippen molar-refractivity contribution in [3.63, 3.8) is 0 Å². The summed E-state index contributed by atoms with van der Waals surface area (Å²) in [5.74, 6) is -4.00. The van der Waals surface area contributed by atoms with E-state index in [1.165, 1.54) is 0 Å². The van der Waals surface area contributed by atoms with E-state index in [-0.39, 0.29) is 0 Å². The predicted molar refractivity (Wildman–Crippen MR) is 42.0 cm³/mol. The molecular formula is C7H14O7. The standard InChI is InChI=1S/C7H14O7/c8-1-5-7(12,3-10)13-4-6(11,2-9)14-5/h5,8-12H,1-4H2. The maximum absolute atomic E-state index is 9.52. The molecule has 1 aliphatic rings. The van der Waals surface area contributed by atoms with Crippen molar-refractivity contribution in [3.05, 3.63) is 0 Å². The van der Waals surface area contributed by atoms with E-state index < -0.39 is 44.1 Å². The van der Waals surface area contributed by atoms with Gasteiger partial charge in [0.25, 0.3) is 0 Å². The van der Waals surface area contributed by atoms with Crippen molar-refractivity contribution in [1.29, 1.82) is 0 Å². The van der Waals surface area contributed by atoms with Crippen LogP contribution in [0.4, 0.5) is 0 Å². The van der Waals surface area contributed by atoms with E-state index >= 15 is 0 Å². The summed E-state index contributed by atoms with van der Waals surface area (Å²) in [6.45, 7) is -2.65. The van der Waals surface area contributed by atoms with E-state index in [2.05, 4.69) is 0 Å². The van der Waals surface area contributed by atoms with Gasteiger partial charge in [0.1, 0.15) is 12.7 Å². The van der Waals surface area contributed by atoms with Gasteiger partial charge in [0, 0.05) is 0 Å². The van der Waals surface area contributed by atoms with Gasteiger partial charge in [-0.2, -0.15) is 0 Å². The Morgan fingerprint density at radius 3 is 2.21 bits per heavy atom. The smallest absolute Gasteiger partial charge is 0.218 e. The first-order valence-corrected chi connectivity index (χ1v) is 4.09. The maximum Gasteiger partial charge on any atom is 0.218 e. The Morgan fingerprint density at radius 2 is 1.79 bits per heavy atom. The van der Waals surface area contributed by atoms with E-state index in [0.29, 0.717) is 0 Å². The third-order valence-corrected chi connectivity index (χ3v) is 2.05. The molecule has 0 aliphatic carbocycles. The Balaban J connectivity index is 2.73. The Kier molecular flexibility index (Phi) is 3.43. The average molecular weight is 210 g/mol. The van der Waals surface area contributed by atoms with Crippen LogP contribution in [-0.2, 0) is 9.47 Å². The molecule has 1 rings (SSSR count). The van der Waals surface area contributed by atoms with Crippen molar-refractivity contribution >= 4 is 0 Å². The Labute approximate surface area is 80.1 Å². The molecule has 14 heavy (non-hydrogen) atoms. The number of aliphatic hydroxyl groups is 5. The Bertz CT molecular complexity index is 198. The second-order valence-corrected chi connectivity index (χ2v) is 3.18. The molecule has 0 bridgehead atoms. The molecule has 0 aromatic heterocycles. The summed E-state index contributed by atoms with van der Waals surface area (Å²) in [4.78, 5) is 0. The van der Waals surface area contributed by atoms with E-state index in [4.69, 9.17) is 24.8 Å². The molecule has 0 aromatic rings. The lowest BCUT2D eigenvalue weighted by Gasteiger charge is -2.44. The van der Waals surface area contributed by atoms with Crippen molar-refractivity contribution in [2.24, 2.45) is 0 Å². The monoisotopic (exact) mass is 210 g/mol. The molecule has 84 valence electrons. The summed E-state index contributed by atoms with van der Waals surface area (Å²) in [5, 5.41) is 45.3. The minimum Gasteiger partial charge on any atom is -0.393 e. The zero-order chi connectivity index (χ0) is 10.8. The van der Waals surface area contributed by atoms with Crippen molar-refractivity contribution in [2.75, 3.05) is 26.4 Å². The van der Waals surface area contributed by atoms with Gasteiger partial charge in [0.05, 0.1) is 19.8 Å². The summed E-state index contributed by atoms with van der Waals surface area (Å²) in [6.07, 6.45) is -1.31. The Morgan fingerprint density at radius 1 is 1.14 bits per heavy atom.